The van der Waals surface area contributed by atoms with Gasteiger partial charge in [0.25, 0.3) is 0 Å². The molecule has 0 saturated carbocycles. The van der Waals surface area contributed by atoms with Crippen LogP contribution in [-0.4, -0.2) is 11.1 Å². The van der Waals surface area contributed by atoms with Crippen LogP contribution in [0.2, 0.25) is 0 Å². The molecule has 0 unspecified atom stereocenters. The Morgan fingerprint density at radius 1 is 0.850 bits per heavy atom. The molecule has 20 heavy (non-hydrogen) atoms. The molecule has 1 N–H and O–H groups in total. The highest BCUT2D eigenvalue weighted by Gasteiger charge is 2.19. The molecule has 3 aromatic rings. The van der Waals surface area contributed by atoms with E-state index in [-0.39, 0.29) is 5.56 Å². The van der Waals surface area contributed by atoms with Crippen LogP contribution in [0.25, 0.3) is 22.6 Å². The molecule has 0 atom stereocenters. The van der Waals surface area contributed by atoms with Crippen molar-refractivity contribution in [1.82, 2.24) is 0 Å². The summed E-state index contributed by atoms with van der Waals surface area (Å²) in [6.45, 7) is 0. The van der Waals surface area contributed by atoms with Gasteiger partial charge in [0.05, 0.1) is 0 Å². The molecule has 2 aromatic carbocycles. The first-order valence-corrected chi connectivity index (χ1v) is 6.23. The molecule has 0 spiro atoms. The van der Waals surface area contributed by atoms with Crippen LogP contribution in [0.1, 0.15) is 10.4 Å². The predicted molar refractivity (Wildman–Crippen MR) is 76.5 cm³/mol. The average Bonchev–Trinajstić information content (AvgIpc) is 2.94. The van der Waals surface area contributed by atoms with Gasteiger partial charge in [-0.25, -0.2) is 4.79 Å². The van der Waals surface area contributed by atoms with E-state index in [4.69, 9.17) is 4.42 Å². The van der Waals surface area contributed by atoms with E-state index < -0.39 is 5.97 Å². The Labute approximate surface area is 116 Å². The summed E-state index contributed by atoms with van der Waals surface area (Å²) in [6, 6.07) is 20.3. The van der Waals surface area contributed by atoms with Gasteiger partial charge in [-0.15, -0.1) is 0 Å². The minimum absolute atomic E-state index is 0.176. The Balaban J connectivity index is 2.15. The summed E-state index contributed by atoms with van der Waals surface area (Å²) in [5, 5.41) is 9.33. The normalized spacial score (nSPS) is 10.4. The van der Waals surface area contributed by atoms with Crippen molar-refractivity contribution in [2.45, 2.75) is 0 Å². The highest BCUT2D eigenvalue weighted by Crippen LogP contribution is 2.32. The fraction of sp³-hybridized carbons (Fsp3) is 0. The van der Waals surface area contributed by atoms with Crippen LogP contribution in [0.4, 0.5) is 0 Å². The summed E-state index contributed by atoms with van der Waals surface area (Å²) < 4.78 is 5.77. The molecule has 0 amide bonds. The van der Waals surface area contributed by atoms with E-state index in [0.29, 0.717) is 11.5 Å². The van der Waals surface area contributed by atoms with Crippen molar-refractivity contribution in [3.8, 4) is 22.6 Å². The third-order valence-electron chi connectivity index (χ3n) is 3.06. The van der Waals surface area contributed by atoms with E-state index in [9.17, 15) is 9.90 Å². The molecule has 0 aliphatic heterocycles. The summed E-state index contributed by atoms with van der Waals surface area (Å²) in [5.41, 5.74) is 1.79. The molecule has 1 aromatic heterocycles. The zero-order valence-electron chi connectivity index (χ0n) is 10.6. The fourth-order valence-corrected chi connectivity index (χ4v) is 2.10. The first-order valence-electron chi connectivity index (χ1n) is 6.23. The maximum absolute atomic E-state index is 11.4. The molecule has 0 aliphatic rings. The summed E-state index contributed by atoms with van der Waals surface area (Å²) in [4.78, 5) is 11.4. The lowest BCUT2D eigenvalue weighted by Gasteiger charge is -1.99. The Morgan fingerprint density at radius 3 is 1.95 bits per heavy atom. The van der Waals surface area contributed by atoms with Crippen LogP contribution in [-0.2, 0) is 0 Å². The summed E-state index contributed by atoms with van der Waals surface area (Å²) in [7, 11) is 0. The van der Waals surface area contributed by atoms with E-state index in [1.165, 1.54) is 0 Å². The number of hydrogen-bond acceptors (Lipinski definition) is 2. The average molecular weight is 264 g/mol. The number of furan rings is 1. The number of rotatable bonds is 3. The van der Waals surface area contributed by atoms with Gasteiger partial charge in [0, 0.05) is 11.1 Å². The van der Waals surface area contributed by atoms with Gasteiger partial charge >= 0.3 is 5.97 Å². The molecule has 0 fully saturated rings. The lowest BCUT2D eigenvalue weighted by Crippen LogP contribution is -1.95. The smallest absolute Gasteiger partial charge is 0.339 e. The van der Waals surface area contributed by atoms with E-state index in [0.717, 1.165) is 11.1 Å². The number of aromatic carboxylic acids is 1. The first kappa shape index (κ1) is 12.2. The number of hydrogen-bond donors (Lipinski definition) is 1. The molecule has 0 bridgehead atoms. The largest absolute Gasteiger partial charge is 0.478 e. The second-order valence-corrected chi connectivity index (χ2v) is 4.39. The van der Waals surface area contributed by atoms with Crippen LogP contribution in [0.5, 0.6) is 0 Å². The fourth-order valence-electron chi connectivity index (χ4n) is 2.10. The van der Waals surface area contributed by atoms with Gasteiger partial charge in [-0.2, -0.15) is 0 Å². The lowest BCUT2D eigenvalue weighted by molar-refractivity contribution is 0.0697. The first-order chi connectivity index (χ1) is 9.75. The Kier molecular flexibility index (Phi) is 3.09. The van der Waals surface area contributed by atoms with Crippen molar-refractivity contribution in [3.05, 3.63) is 72.3 Å². The predicted octanol–water partition coefficient (Wildman–Crippen LogP) is 4.31. The zero-order chi connectivity index (χ0) is 13.9. The molecule has 3 rings (SSSR count). The van der Waals surface area contributed by atoms with E-state index in [1.54, 1.807) is 6.07 Å². The van der Waals surface area contributed by atoms with E-state index in [1.807, 2.05) is 60.7 Å². The summed E-state index contributed by atoms with van der Waals surface area (Å²) in [6.07, 6.45) is 0. The van der Waals surface area contributed by atoms with E-state index in [2.05, 4.69) is 0 Å². The molecule has 0 radical (unpaired) electrons. The highest BCUT2D eigenvalue weighted by molar-refractivity contribution is 5.96. The molecule has 3 heteroatoms. The molecule has 98 valence electrons. The van der Waals surface area contributed by atoms with Gasteiger partial charge in [-0.3, -0.25) is 0 Å². The molecule has 0 aliphatic carbocycles. The van der Waals surface area contributed by atoms with Gasteiger partial charge in [0.2, 0.25) is 0 Å². The summed E-state index contributed by atoms with van der Waals surface area (Å²) in [5.74, 6) is -0.0476. The maximum atomic E-state index is 11.4. The molecular weight excluding hydrogens is 252 g/mol. The molecular formula is C17H12O3. The maximum Gasteiger partial charge on any atom is 0.339 e. The van der Waals surface area contributed by atoms with Crippen LogP contribution in [0.3, 0.4) is 0 Å². The minimum atomic E-state index is -0.991. The van der Waals surface area contributed by atoms with Crippen molar-refractivity contribution in [1.29, 1.82) is 0 Å². The number of carboxylic acid groups (broad SMARTS) is 1. The molecule has 1 heterocycles. The Hall–Kier alpha value is -2.81. The van der Waals surface area contributed by atoms with Crippen LogP contribution >= 0.6 is 0 Å². The monoisotopic (exact) mass is 264 g/mol. The third-order valence-corrected chi connectivity index (χ3v) is 3.06. The SMILES string of the molecule is O=C(O)c1cc(-c2ccccc2)oc1-c1ccccc1. The van der Waals surface area contributed by atoms with Gasteiger partial charge in [-0.1, -0.05) is 60.7 Å². The second kappa shape index (κ2) is 5.05. The Bertz CT molecular complexity index is 727. The number of carbonyl (C=O) groups is 1. The van der Waals surface area contributed by atoms with Gasteiger partial charge < -0.3 is 9.52 Å². The topological polar surface area (TPSA) is 50.4 Å². The minimum Gasteiger partial charge on any atom is -0.478 e. The van der Waals surface area contributed by atoms with Crippen molar-refractivity contribution in [3.63, 3.8) is 0 Å². The summed E-state index contributed by atoms with van der Waals surface area (Å²) >= 11 is 0. The van der Waals surface area contributed by atoms with Gasteiger partial charge in [0.1, 0.15) is 17.1 Å². The van der Waals surface area contributed by atoms with Gasteiger partial charge in [0.15, 0.2) is 0 Å². The van der Waals surface area contributed by atoms with Crippen LogP contribution in [0, 0.1) is 0 Å². The van der Waals surface area contributed by atoms with Gasteiger partial charge in [-0.05, 0) is 6.07 Å². The standard InChI is InChI=1S/C17H12O3/c18-17(19)14-11-15(12-7-3-1-4-8-12)20-16(14)13-9-5-2-6-10-13/h1-11H,(H,18,19). The Morgan fingerprint density at radius 2 is 1.40 bits per heavy atom. The second-order valence-electron chi connectivity index (χ2n) is 4.39. The van der Waals surface area contributed by atoms with Crippen molar-refractivity contribution < 1.29 is 14.3 Å². The number of carboxylic acids is 1. The van der Waals surface area contributed by atoms with E-state index >= 15 is 0 Å². The van der Waals surface area contributed by atoms with Crippen LogP contribution < -0.4 is 0 Å². The van der Waals surface area contributed by atoms with Crippen molar-refractivity contribution >= 4 is 5.97 Å². The highest BCUT2D eigenvalue weighted by atomic mass is 16.4. The lowest BCUT2D eigenvalue weighted by atomic mass is 10.1. The quantitative estimate of drug-likeness (QED) is 0.766. The third kappa shape index (κ3) is 2.21. The van der Waals surface area contributed by atoms with Crippen LogP contribution in [0.15, 0.2) is 71.1 Å². The molecule has 3 nitrogen and oxygen atoms in total. The zero-order valence-corrected chi connectivity index (χ0v) is 10.6. The van der Waals surface area contributed by atoms with Crippen molar-refractivity contribution in [2.75, 3.05) is 0 Å². The number of benzene rings is 2. The molecule has 0 saturated heterocycles. The van der Waals surface area contributed by atoms with Crippen molar-refractivity contribution in [2.24, 2.45) is 0 Å².